The fourth-order valence-corrected chi connectivity index (χ4v) is 5.38. The molecule has 2 aromatic rings. The summed E-state index contributed by atoms with van der Waals surface area (Å²) < 4.78 is 0. The number of carbonyl (C=O) groups excluding carboxylic acids is 5. The minimum atomic E-state index is -1.13. The number of unbranched alkanes of at least 4 members (excludes halogenated alkanes) is 3. The zero-order valence-electron chi connectivity index (χ0n) is 29.9. The van der Waals surface area contributed by atoms with E-state index in [1.165, 1.54) is 6.07 Å². The van der Waals surface area contributed by atoms with Gasteiger partial charge in [0.15, 0.2) is 5.96 Å². The number of nitrogens with zero attached hydrogens (tertiary/aromatic N) is 1. The molecule has 0 aliphatic heterocycles. The van der Waals surface area contributed by atoms with Crippen molar-refractivity contribution in [2.24, 2.45) is 33.7 Å². The zero-order chi connectivity index (χ0) is 38.3. The van der Waals surface area contributed by atoms with Crippen LogP contribution in [-0.4, -0.2) is 103 Å². The van der Waals surface area contributed by atoms with Crippen molar-refractivity contribution in [3.05, 3.63) is 30.0 Å². The molecule has 0 spiro atoms. The summed E-state index contributed by atoms with van der Waals surface area (Å²) in [7, 11) is 0. The van der Waals surface area contributed by atoms with E-state index in [0.717, 1.165) is 38.8 Å². The molecule has 17 N–H and O–H groups in total. The molecule has 0 saturated heterocycles. The number of aromatic nitrogens is 1. The third kappa shape index (κ3) is 17.3. The van der Waals surface area contributed by atoms with Crippen molar-refractivity contribution in [2.45, 2.75) is 88.8 Å². The molecule has 52 heavy (non-hydrogen) atoms. The first kappa shape index (κ1) is 43.2. The number of hydrogen-bond donors (Lipinski definition) is 12. The first-order chi connectivity index (χ1) is 24.9. The van der Waals surface area contributed by atoms with Crippen molar-refractivity contribution in [2.75, 3.05) is 39.3 Å². The van der Waals surface area contributed by atoms with Crippen LogP contribution in [0.15, 0.2) is 29.4 Å². The highest BCUT2D eigenvalue weighted by Gasteiger charge is 2.23. The molecule has 18 nitrogen and oxygen atoms in total. The van der Waals surface area contributed by atoms with Gasteiger partial charge in [0.2, 0.25) is 29.5 Å². The number of phenolic OH excluding ortho intramolecular Hbond substituents is 1. The van der Waals surface area contributed by atoms with Crippen molar-refractivity contribution in [1.29, 1.82) is 0 Å². The van der Waals surface area contributed by atoms with Gasteiger partial charge in [0.05, 0.1) is 24.9 Å². The molecule has 0 aliphatic rings. The summed E-state index contributed by atoms with van der Waals surface area (Å²) in [6.45, 7) is 3.23. The molecule has 5 amide bonds. The predicted octanol–water partition coefficient (Wildman–Crippen LogP) is -1.85. The monoisotopic (exact) mass is 730 g/mol. The van der Waals surface area contributed by atoms with Gasteiger partial charge in [-0.3, -0.25) is 29.0 Å². The number of nitrogens with one attached hydrogen (secondary N) is 6. The van der Waals surface area contributed by atoms with E-state index in [1.54, 1.807) is 18.3 Å². The lowest BCUT2D eigenvalue weighted by Gasteiger charge is -2.17. The van der Waals surface area contributed by atoms with Crippen LogP contribution in [0.3, 0.4) is 0 Å². The topological polar surface area (TPSA) is 324 Å². The van der Waals surface area contributed by atoms with Crippen LogP contribution in [0.2, 0.25) is 0 Å². The highest BCUT2D eigenvalue weighted by molar-refractivity contribution is 5.95. The number of phenols is 1. The zero-order valence-corrected chi connectivity index (χ0v) is 29.9. The SMILES string of the molecule is NC(=O)C[C@H](NC(=O)Cc1c[nH]c2cccc(O)c12)C(=O)NCCCCCNC(=O)[C@@H](N)CCCCNCCCNC(=O)[C@@H](N)CCCN=C(N)N. The Morgan fingerprint density at radius 1 is 0.750 bits per heavy atom. The number of primary amides is 1. The van der Waals surface area contributed by atoms with Crippen molar-refractivity contribution in [3.8, 4) is 5.75 Å². The maximum atomic E-state index is 12.7. The number of carbonyl (C=O) groups is 5. The Morgan fingerprint density at radius 2 is 1.35 bits per heavy atom. The van der Waals surface area contributed by atoms with Gasteiger partial charge in [0.1, 0.15) is 11.8 Å². The molecular formula is C34H58N12O6. The summed E-state index contributed by atoms with van der Waals surface area (Å²) in [6, 6.07) is 2.64. The van der Waals surface area contributed by atoms with Crippen LogP contribution in [-0.2, 0) is 30.4 Å². The quantitative estimate of drug-likeness (QED) is 0.0275. The van der Waals surface area contributed by atoms with Crippen molar-refractivity contribution in [3.63, 3.8) is 0 Å². The Balaban J connectivity index is 1.50. The Bertz CT molecular complexity index is 1460. The Labute approximate surface area is 304 Å². The second-order valence-corrected chi connectivity index (χ2v) is 12.7. The first-order valence-corrected chi connectivity index (χ1v) is 17.8. The molecule has 1 aromatic carbocycles. The highest BCUT2D eigenvalue weighted by Crippen LogP contribution is 2.27. The molecule has 1 aromatic heterocycles. The van der Waals surface area contributed by atoms with Gasteiger partial charge in [-0.25, -0.2) is 0 Å². The number of H-pyrrole nitrogens is 1. The van der Waals surface area contributed by atoms with Crippen LogP contribution in [0, 0.1) is 0 Å². The minimum absolute atomic E-state index is 0.0197. The fraction of sp³-hybridized carbons (Fsp3) is 0.588. The van der Waals surface area contributed by atoms with E-state index in [2.05, 4.69) is 36.6 Å². The van der Waals surface area contributed by atoms with E-state index in [0.29, 0.717) is 74.7 Å². The number of aromatic hydroxyl groups is 1. The molecule has 0 radical (unpaired) electrons. The predicted molar refractivity (Wildman–Crippen MR) is 199 cm³/mol. The van der Waals surface area contributed by atoms with Gasteiger partial charge in [0, 0.05) is 43.3 Å². The number of fused-ring (bicyclic) bond motifs is 1. The van der Waals surface area contributed by atoms with Gasteiger partial charge in [0.25, 0.3) is 0 Å². The Hall–Kier alpha value is -4.94. The average Bonchev–Trinajstić information content (AvgIpc) is 3.51. The highest BCUT2D eigenvalue weighted by atomic mass is 16.3. The molecule has 0 saturated carbocycles. The van der Waals surface area contributed by atoms with Gasteiger partial charge in [-0.1, -0.05) is 12.5 Å². The van der Waals surface area contributed by atoms with Crippen LogP contribution in [0.5, 0.6) is 5.75 Å². The largest absolute Gasteiger partial charge is 0.507 e. The van der Waals surface area contributed by atoms with Crippen LogP contribution >= 0.6 is 0 Å². The summed E-state index contributed by atoms with van der Waals surface area (Å²) in [6.07, 6.45) is 7.25. The van der Waals surface area contributed by atoms with Gasteiger partial charge in [-0.05, 0) is 82.2 Å². The Morgan fingerprint density at radius 3 is 2.00 bits per heavy atom. The first-order valence-electron chi connectivity index (χ1n) is 17.8. The normalized spacial score (nSPS) is 12.7. The number of rotatable bonds is 27. The van der Waals surface area contributed by atoms with Gasteiger partial charge in [-0.15, -0.1) is 0 Å². The summed E-state index contributed by atoms with van der Waals surface area (Å²) >= 11 is 0. The lowest BCUT2D eigenvalue weighted by molar-refractivity contribution is -0.131. The maximum Gasteiger partial charge on any atom is 0.243 e. The van der Waals surface area contributed by atoms with Crippen LogP contribution in [0.4, 0.5) is 0 Å². The number of aromatic amines is 1. The molecule has 290 valence electrons. The third-order valence-corrected chi connectivity index (χ3v) is 8.21. The Kier molecular flexibility index (Phi) is 20.2. The van der Waals surface area contributed by atoms with Crippen LogP contribution in [0.25, 0.3) is 10.9 Å². The van der Waals surface area contributed by atoms with E-state index >= 15 is 0 Å². The van der Waals surface area contributed by atoms with E-state index in [4.69, 9.17) is 28.7 Å². The number of benzene rings is 1. The second kappa shape index (κ2) is 24.3. The molecule has 0 bridgehead atoms. The van der Waals surface area contributed by atoms with E-state index in [-0.39, 0.29) is 36.4 Å². The van der Waals surface area contributed by atoms with Crippen molar-refractivity contribution in [1.82, 2.24) is 31.6 Å². The standard InChI is InChI=1S/C34H58N12O6/c35-23(9-2-5-13-40-14-8-18-42-32(51)24(36)10-7-17-44-34(38)39)31(50)41-15-3-1-4-16-43-33(52)26(20-28(37)48)46-29(49)19-22-21-45-25-11-6-12-27(47)30(22)25/h6,11-12,21,23-24,26,40,45,47H,1-5,7-10,13-20,35-36H2,(H2,37,48)(H,41,50)(H,42,51)(H,43,52)(H,46,49)(H4,38,39,44)/t23-,24-,26-/m0/s1. The molecule has 2 rings (SSSR count). The van der Waals surface area contributed by atoms with Crippen molar-refractivity contribution >= 4 is 46.4 Å². The molecule has 0 aliphatic carbocycles. The molecule has 0 unspecified atom stereocenters. The number of aliphatic imine (C=N–C) groups is 1. The summed E-state index contributed by atoms with van der Waals surface area (Å²) in [5, 5.41) is 25.0. The third-order valence-electron chi connectivity index (χ3n) is 8.21. The number of amides is 5. The minimum Gasteiger partial charge on any atom is -0.507 e. The second-order valence-electron chi connectivity index (χ2n) is 12.7. The smallest absolute Gasteiger partial charge is 0.243 e. The molecule has 18 heteroatoms. The lowest BCUT2D eigenvalue weighted by Crippen LogP contribution is -2.49. The van der Waals surface area contributed by atoms with E-state index < -0.39 is 35.8 Å². The van der Waals surface area contributed by atoms with Crippen LogP contribution < -0.4 is 55.3 Å². The van der Waals surface area contributed by atoms with Crippen molar-refractivity contribution < 1.29 is 29.1 Å². The molecule has 0 fully saturated rings. The molecule has 1 heterocycles. The lowest BCUT2D eigenvalue weighted by atomic mass is 10.1. The van der Waals surface area contributed by atoms with Gasteiger partial charge < -0.3 is 65.3 Å². The van der Waals surface area contributed by atoms with E-state index in [1.807, 2.05) is 0 Å². The van der Waals surface area contributed by atoms with Gasteiger partial charge in [-0.2, -0.15) is 0 Å². The summed E-state index contributed by atoms with van der Waals surface area (Å²) in [5.74, 6) is -2.12. The van der Waals surface area contributed by atoms with E-state index in [9.17, 15) is 29.1 Å². The number of nitrogens with two attached hydrogens (primary N) is 5. The molecular weight excluding hydrogens is 672 g/mol. The fourth-order valence-electron chi connectivity index (χ4n) is 5.38. The molecule has 3 atom stereocenters. The number of guanidine groups is 1. The summed E-state index contributed by atoms with van der Waals surface area (Å²) in [4.78, 5) is 68.2. The maximum absolute atomic E-state index is 12.7. The average molecular weight is 731 g/mol. The van der Waals surface area contributed by atoms with Crippen LogP contribution in [0.1, 0.15) is 69.8 Å². The number of hydrogen-bond acceptors (Lipinski definition) is 10. The van der Waals surface area contributed by atoms with Gasteiger partial charge >= 0.3 is 0 Å². The summed E-state index contributed by atoms with van der Waals surface area (Å²) in [5.41, 5.74) is 29.0.